The quantitative estimate of drug-likeness (QED) is 0.375. The highest BCUT2D eigenvalue weighted by Gasteiger charge is 2.19. The molecule has 2 aromatic carbocycles. The maximum Gasteiger partial charge on any atom is 0.279 e. The summed E-state index contributed by atoms with van der Waals surface area (Å²) in [6.07, 6.45) is 1.97. The first kappa shape index (κ1) is 23.2. The van der Waals surface area contributed by atoms with Gasteiger partial charge >= 0.3 is 0 Å². The van der Waals surface area contributed by atoms with Gasteiger partial charge in [0.1, 0.15) is 0 Å². The number of aromatic nitrogens is 1. The van der Waals surface area contributed by atoms with E-state index in [1.165, 1.54) is 47.7 Å². The Balaban J connectivity index is 2.04. The van der Waals surface area contributed by atoms with Crippen molar-refractivity contribution in [2.75, 3.05) is 12.0 Å². The second kappa shape index (κ2) is 9.33. The van der Waals surface area contributed by atoms with Gasteiger partial charge in [0.25, 0.3) is 11.6 Å². The Morgan fingerprint density at radius 1 is 1.23 bits per heavy atom. The smallest absolute Gasteiger partial charge is 0.279 e. The van der Waals surface area contributed by atoms with E-state index < -0.39 is 25.9 Å². The lowest BCUT2D eigenvalue weighted by atomic mass is 10.2. The number of thioether (sulfide) groups is 1. The molecule has 0 aliphatic heterocycles. The monoisotopic (exact) mass is 479 g/mol. The van der Waals surface area contributed by atoms with Crippen molar-refractivity contribution in [3.8, 4) is 0 Å². The average molecular weight is 480 g/mol. The molecular weight excluding hydrogens is 458 g/mol. The van der Waals surface area contributed by atoms with Crippen LogP contribution in [0.15, 0.2) is 52.4 Å². The van der Waals surface area contributed by atoms with Crippen molar-refractivity contribution in [3.63, 3.8) is 0 Å². The summed E-state index contributed by atoms with van der Waals surface area (Å²) in [6, 6.07) is 10.3. The molecule has 0 saturated heterocycles. The molecule has 1 aromatic heterocycles. The Morgan fingerprint density at radius 3 is 2.48 bits per heavy atom. The summed E-state index contributed by atoms with van der Waals surface area (Å²) in [5.74, 6) is 0.277. The number of fused-ring (bicyclic) bond motifs is 1. The normalized spacial score (nSPS) is 12.6. The molecule has 1 heterocycles. The number of hydrogen-bond acceptors (Lipinski definition) is 7. The van der Waals surface area contributed by atoms with Crippen LogP contribution in [0.3, 0.4) is 0 Å². The molecule has 31 heavy (non-hydrogen) atoms. The zero-order valence-electron chi connectivity index (χ0n) is 17.1. The zero-order chi connectivity index (χ0) is 22.8. The maximum atomic E-state index is 12.8. The van der Waals surface area contributed by atoms with Gasteiger partial charge < -0.3 is 4.57 Å². The average Bonchev–Trinajstić information content (AvgIpc) is 3.08. The number of aryl methyl sites for hydroxylation is 1. The maximum absolute atomic E-state index is 12.8. The van der Waals surface area contributed by atoms with Crippen LogP contribution < -0.4 is 4.80 Å². The first-order valence-electron chi connectivity index (χ1n) is 9.35. The van der Waals surface area contributed by atoms with Gasteiger partial charge in [-0.25, -0.2) is 8.42 Å². The van der Waals surface area contributed by atoms with Crippen LogP contribution in [0.5, 0.6) is 0 Å². The van der Waals surface area contributed by atoms with Gasteiger partial charge in [0.15, 0.2) is 14.6 Å². The minimum Gasteiger partial charge on any atom is -0.315 e. The van der Waals surface area contributed by atoms with Gasteiger partial charge in [-0.15, -0.1) is 0 Å². The topological polar surface area (TPSA) is 112 Å². The van der Waals surface area contributed by atoms with Crippen molar-refractivity contribution in [2.45, 2.75) is 30.5 Å². The molecule has 0 fully saturated rings. The predicted molar refractivity (Wildman–Crippen MR) is 124 cm³/mol. The number of amides is 1. The van der Waals surface area contributed by atoms with E-state index >= 15 is 0 Å². The third kappa shape index (κ3) is 4.89. The molecule has 0 aliphatic rings. The standard InChI is InChI=1S/C20H21N3O5S3/c1-13(2)31(27,28)16-7-4-14(5-8-16)19(24)21-20-22(10-11-29-3)17-9-6-15(23(25)26)12-18(17)30-20/h4-9,12-13H,10-11H2,1-3H3. The number of sulfone groups is 1. The molecule has 0 aliphatic carbocycles. The Labute approximate surface area is 187 Å². The summed E-state index contributed by atoms with van der Waals surface area (Å²) < 4.78 is 27.1. The second-order valence-corrected chi connectivity index (χ2v) is 11.5. The summed E-state index contributed by atoms with van der Waals surface area (Å²) in [5.41, 5.74) is 1.02. The Hall–Kier alpha value is -2.50. The van der Waals surface area contributed by atoms with Crippen LogP contribution in [0.2, 0.25) is 0 Å². The lowest BCUT2D eigenvalue weighted by molar-refractivity contribution is -0.384. The number of thiazole rings is 1. The van der Waals surface area contributed by atoms with Crippen LogP contribution >= 0.6 is 23.1 Å². The number of non-ortho nitro benzene ring substituents is 1. The van der Waals surface area contributed by atoms with E-state index in [9.17, 15) is 23.3 Å². The molecular formula is C20H21N3O5S3. The summed E-state index contributed by atoms with van der Waals surface area (Å²) in [6.45, 7) is 3.79. The van der Waals surface area contributed by atoms with E-state index in [0.717, 1.165) is 11.3 Å². The molecule has 0 spiro atoms. The third-order valence-corrected chi connectivity index (χ3v) is 8.45. The van der Waals surface area contributed by atoms with Crippen LogP contribution in [0.1, 0.15) is 24.2 Å². The van der Waals surface area contributed by atoms with Crippen LogP contribution in [-0.4, -0.2) is 41.1 Å². The number of hydrogen-bond donors (Lipinski definition) is 0. The largest absolute Gasteiger partial charge is 0.315 e. The van der Waals surface area contributed by atoms with Gasteiger partial charge in [0, 0.05) is 30.0 Å². The van der Waals surface area contributed by atoms with Crippen molar-refractivity contribution in [1.82, 2.24) is 4.57 Å². The van der Waals surface area contributed by atoms with Crippen molar-refractivity contribution in [3.05, 3.63) is 62.9 Å². The fraction of sp³-hybridized carbons (Fsp3) is 0.300. The van der Waals surface area contributed by atoms with E-state index in [1.54, 1.807) is 31.7 Å². The van der Waals surface area contributed by atoms with Crippen LogP contribution in [0.4, 0.5) is 5.69 Å². The molecule has 0 saturated carbocycles. The van der Waals surface area contributed by atoms with Crippen LogP contribution in [0.25, 0.3) is 10.2 Å². The van der Waals surface area contributed by atoms with Gasteiger partial charge in [0.2, 0.25) is 0 Å². The van der Waals surface area contributed by atoms with Crippen molar-refractivity contribution in [2.24, 2.45) is 4.99 Å². The third-order valence-electron chi connectivity index (χ3n) is 4.64. The Kier molecular flexibility index (Phi) is 6.97. The SMILES string of the molecule is CSCCn1c(=NC(=O)c2ccc(S(=O)(=O)C(C)C)cc2)sc2cc([N+](=O)[O-])ccc21. The van der Waals surface area contributed by atoms with E-state index in [-0.39, 0.29) is 16.1 Å². The first-order valence-corrected chi connectivity index (χ1v) is 13.1. The number of nitro groups is 1. The molecule has 1 amide bonds. The molecule has 0 atom stereocenters. The number of carbonyl (C=O) groups is 1. The fourth-order valence-corrected chi connectivity index (χ4v) is 5.38. The molecule has 8 nitrogen and oxygen atoms in total. The van der Waals surface area contributed by atoms with Gasteiger partial charge in [0.05, 0.1) is 25.3 Å². The number of rotatable bonds is 7. The number of benzene rings is 2. The van der Waals surface area contributed by atoms with Gasteiger partial charge in [-0.05, 0) is 50.4 Å². The summed E-state index contributed by atoms with van der Waals surface area (Å²) in [7, 11) is -3.43. The molecule has 3 aromatic rings. The van der Waals surface area contributed by atoms with Crippen molar-refractivity contribution < 1.29 is 18.1 Å². The zero-order valence-corrected chi connectivity index (χ0v) is 19.6. The summed E-state index contributed by atoms with van der Waals surface area (Å²) in [4.78, 5) is 28.2. The molecule has 11 heteroatoms. The molecule has 0 N–H and O–H groups in total. The fourth-order valence-electron chi connectivity index (χ4n) is 2.87. The Bertz CT molecular complexity index is 1310. The van der Waals surface area contributed by atoms with Crippen molar-refractivity contribution in [1.29, 1.82) is 0 Å². The highest BCUT2D eigenvalue weighted by Crippen LogP contribution is 2.24. The molecule has 0 unspecified atom stereocenters. The highest BCUT2D eigenvalue weighted by molar-refractivity contribution is 7.98. The molecule has 3 rings (SSSR count). The number of nitrogens with zero attached hydrogens (tertiary/aromatic N) is 3. The minimum absolute atomic E-state index is 0.0226. The second-order valence-electron chi connectivity index (χ2n) is 6.97. The van der Waals surface area contributed by atoms with E-state index in [0.29, 0.717) is 16.0 Å². The van der Waals surface area contributed by atoms with E-state index in [1.807, 2.05) is 10.8 Å². The summed E-state index contributed by atoms with van der Waals surface area (Å²) in [5, 5.41) is 10.5. The minimum atomic E-state index is -3.43. The van der Waals surface area contributed by atoms with Crippen molar-refractivity contribution >= 4 is 54.7 Å². The number of carbonyl (C=O) groups excluding carboxylic acids is 1. The molecule has 0 radical (unpaired) electrons. The predicted octanol–water partition coefficient (Wildman–Crippen LogP) is 3.90. The molecule has 164 valence electrons. The van der Waals surface area contributed by atoms with E-state index in [4.69, 9.17) is 0 Å². The van der Waals surface area contributed by atoms with Gasteiger partial charge in [-0.3, -0.25) is 14.9 Å². The molecule has 0 bridgehead atoms. The highest BCUT2D eigenvalue weighted by atomic mass is 32.2. The van der Waals surface area contributed by atoms with Gasteiger partial charge in [-0.2, -0.15) is 16.8 Å². The van der Waals surface area contributed by atoms with Crippen LogP contribution in [0, 0.1) is 10.1 Å². The van der Waals surface area contributed by atoms with Gasteiger partial charge in [-0.1, -0.05) is 11.3 Å². The lowest BCUT2D eigenvalue weighted by Crippen LogP contribution is -2.18. The number of nitro benzene ring substituents is 1. The Morgan fingerprint density at radius 2 is 1.90 bits per heavy atom. The lowest BCUT2D eigenvalue weighted by Gasteiger charge is -2.07. The first-order chi connectivity index (χ1) is 14.6. The van der Waals surface area contributed by atoms with Crippen LogP contribution in [-0.2, 0) is 16.4 Å². The summed E-state index contributed by atoms with van der Waals surface area (Å²) >= 11 is 2.84. The van der Waals surface area contributed by atoms with E-state index in [2.05, 4.69) is 4.99 Å².